The molecular formula is C26H25N2O4S+. The second kappa shape index (κ2) is 7.09. The molecule has 0 fully saturated rings. The van der Waals surface area contributed by atoms with Gasteiger partial charge in [-0.25, -0.2) is 13.0 Å². The van der Waals surface area contributed by atoms with Crippen LogP contribution in [0.15, 0.2) is 58.3 Å². The van der Waals surface area contributed by atoms with E-state index >= 15 is 0 Å². The fourth-order valence-corrected chi connectivity index (χ4v) is 7.05. The highest BCUT2D eigenvalue weighted by Gasteiger charge is 2.40. The van der Waals surface area contributed by atoms with Crippen molar-refractivity contribution in [2.45, 2.75) is 16.7 Å². The van der Waals surface area contributed by atoms with Crippen LogP contribution in [0.25, 0.3) is 5.57 Å². The topological polar surface area (TPSA) is 58.9 Å². The van der Waals surface area contributed by atoms with Crippen LogP contribution >= 0.6 is 0 Å². The number of anilines is 1. The van der Waals surface area contributed by atoms with E-state index in [1.54, 1.807) is 0 Å². The van der Waals surface area contributed by atoms with Gasteiger partial charge in [0.15, 0.2) is 12.3 Å². The summed E-state index contributed by atoms with van der Waals surface area (Å²) in [6, 6.07) is 15.9. The maximum atomic E-state index is 14.3. The third kappa shape index (κ3) is 2.78. The Morgan fingerprint density at radius 2 is 1.70 bits per heavy atom. The van der Waals surface area contributed by atoms with E-state index in [1.807, 2.05) is 60.0 Å². The molecule has 0 aromatic heterocycles. The van der Waals surface area contributed by atoms with Gasteiger partial charge in [0, 0.05) is 23.9 Å². The maximum absolute atomic E-state index is 14.3. The lowest BCUT2D eigenvalue weighted by Crippen LogP contribution is -2.40. The summed E-state index contributed by atoms with van der Waals surface area (Å²) in [5.41, 5.74) is 4.44. The zero-order valence-electron chi connectivity index (χ0n) is 18.9. The summed E-state index contributed by atoms with van der Waals surface area (Å²) in [5, 5.41) is 1.47. The van der Waals surface area contributed by atoms with E-state index in [0.717, 1.165) is 27.7 Å². The molecule has 6 rings (SSSR count). The Morgan fingerprint density at radius 1 is 0.909 bits per heavy atom. The first-order chi connectivity index (χ1) is 15.9. The number of benzene rings is 3. The smallest absolute Gasteiger partial charge is 0.243 e. The second-order valence-electron chi connectivity index (χ2n) is 8.81. The number of fused-ring (bicyclic) bond motifs is 6. The van der Waals surface area contributed by atoms with E-state index in [9.17, 15) is 8.42 Å². The Balaban J connectivity index is 1.86. The van der Waals surface area contributed by atoms with Crippen LogP contribution in [0.5, 0.6) is 11.5 Å². The highest BCUT2D eigenvalue weighted by Crippen LogP contribution is 2.47. The molecular weight excluding hydrogens is 436 g/mol. The monoisotopic (exact) mass is 461 g/mol. The van der Waals surface area contributed by atoms with E-state index < -0.39 is 9.84 Å². The Labute approximate surface area is 192 Å². The van der Waals surface area contributed by atoms with E-state index in [1.165, 1.54) is 0 Å². The highest BCUT2D eigenvalue weighted by molar-refractivity contribution is 7.91. The predicted octanol–water partition coefficient (Wildman–Crippen LogP) is 1.73. The molecule has 0 aliphatic carbocycles. The molecule has 0 saturated heterocycles. The molecule has 0 spiro atoms. The van der Waals surface area contributed by atoms with Crippen molar-refractivity contribution >= 4 is 21.1 Å². The number of nitrogens with zero attached hydrogens (tertiary/aromatic N) is 2. The lowest BCUT2D eigenvalue weighted by Gasteiger charge is -2.32. The van der Waals surface area contributed by atoms with Gasteiger partial charge in [0.25, 0.3) is 0 Å². The minimum absolute atomic E-state index is 0.238. The molecule has 0 atom stereocenters. The van der Waals surface area contributed by atoms with E-state index in [0.29, 0.717) is 48.6 Å². The molecule has 0 bridgehead atoms. The van der Waals surface area contributed by atoms with Crippen LogP contribution in [0.1, 0.15) is 16.7 Å². The average Bonchev–Trinajstić information content (AvgIpc) is 2.80. The molecule has 3 aliphatic rings. The van der Waals surface area contributed by atoms with Gasteiger partial charge in [0.1, 0.15) is 30.1 Å². The molecule has 33 heavy (non-hydrogen) atoms. The largest absolute Gasteiger partial charge is 0.488 e. The lowest BCUT2D eigenvalue weighted by molar-refractivity contribution is 0.272. The first-order valence-corrected chi connectivity index (χ1v) is 12.6. The fraction of sp³-hybridized carbons (Fsp3) is 0.269. The van der Waals surface area contributed by atoms with Crippen LogP contribution in [-0.2, 0) is 9.84 Å². The number of ether oxygens (including phenoxy) is 2. The quantitative estimate of drug-likeness (QED) is 0.404. The summed E-state index contributed by atoms with van der Waals surface area (Å²) >= 11 is 0. The van der Waals surface area contributed by atoms with Gasteiger partial charge >= 0.3 is 0 Å². The minimum Gasteiger partial charge on any atom is -0.488 e. The number of hydrogen-bond donors (Lipinski definition) is 0. The SMILES string of the molecule is Cc1ccccc1C1=c2ccc3c(c2S(=O)(=O)c2c1ccc1c2OCCN1C)OCC[N+]=3C. The standard InChI is InChI=1S/C26H25N2O4S/c1-16-6-4-5-7-17(16)22-18-8-10-20-23(31-14-12-27(20)2)25(18)33(29,30)26-19(22)9-11-21-24(26)32-15-13-28(21)3/h4-11H,12-15H2,1-3H3/q+1. The number of sulfone groups is 1. The van der Waals surface area contributed by atoms with Gasteiger partial charge in [-0.3, -0.25) is 0 Å². The molecule has 7 heteroatoms. The zero-order valence-corrected chi connectivity index (χ0v) is 19.7. The van der Waals surface area contributed by atoms with Crippen LogP contribution in [0.2, 0.25) is 0 Å². The van der Waals surface area contributed by atoms with Crippen molar-refractivity contribution in [1.29, 1.82) is 0 Å². The number of likely N-dealkylation sites (N-methyl/N-ethyl adjacent to an activating group) is 2. The third-order valence-corrected chi connectivity index (χ3v) is 8.73. The zero-order chi connectivity index (χ0) is 22.9. The minimum atomic E-state index is -3.91. The van der Waals surface area contributed by atoms with Gasteiger partial charge in [-0.2, -0.15) is 0 Å². The second-order valence-corrected chi connectivity index (χ2v) is 10.6. The molecule has 0 saturated carbocycles. The third-order valence-electron chi connectivity index (χ3n) is 6.84. The Morgan fingerprint density at radius 3 is 2.52 bits per heavy atom. The molecule has 0 N–H and O–H groups in total. The van der Waals surface area contributed by atoms with Crippen molar-refractivity contribution in [3.63, 3.8) is 0 Å². The van der Waals surface area contributed by atoms with Crippen LogP contribution in [0, 0.1) is 6.92 Å². The molecule has 3 heterocycles. The van der Waals surface area contributed by atoms with E-state index in [-0.39, 0.29) is 9.79 Å². The van der Waals surface area contributed by atoms with Crippen LogP contribution in [-0.4, -0.2) is 48.8 Å². The van der Waals surface area contributed by atoms with Crippen molar-refractivity contribution < 1.29 is 17.9 Å². The molecule has 3 aromatic carbocycles. The number of hydrogen-bond acceptors (Lipinski definition) is 5. The maximum Gasteiger partial charge on any atom is 0.243 e. The van der Waals surface area contributed by atoms with Crippen LogP contribution in [0.4, 0.5) is 5.69 Å². The summed E-state index contributed by atoms with van der Waals surface area (Å²) < 4.78 is 42.7. The van der Waals surface area contributed by atoms with Gasteiger partial charge < -0.3 is 14.4 Å². The molecule has 3 aliphatic heterocycles. The highest BCUT2D eigenvalue weighted by atomic mass is 32.2. The summed E-state index contributed by atoms with van der Waals surface area (Å²) in [5.74, 6) is 0.861. The van der Waals surface area contributed by atoms with Gasteiger partial charge in [0.05, 0.1) is 12.2 Å². The molecule has 0 radical (unpaired) electrons. The van der Waals surface area contributed by atoms with Gasteiger partial charge in [-0.05, 0) is 35.8 Å². The number of rotatable bonds is 1. The van der Waals surface area contributed by atoms with Crippen LogP contribution < -0.4 is 29.5 Å². The predicted molar refractivity (Wildman–Crippen MR) is 127 cm³/mol. The normalized spacial score (nSPS) is 17.8. The Bertz CT molecular complexity index is 1570. The molecule has 0 unspecified atom stereocenters. The molecule has 168 valence electrons. The summed E-state index contributed by atoms with van der Waals surface area (Å²) in [6.45, 7) is 4.35. The van der Waals surface area contributed by atoms with Crippen molar-refractivity contribution in [3.8, 4) is 11.5 Å². The summed E-state index contributed by atoms with van der Waals surface area (Å²) in [6.07, 6.45) is 0. The summed E-state index contributed by atoms with van der Waals surface area (Å²) in [4.78, 5) is 2.52. The van der Waals surface area contributed by atoms with Gasteiger partial charge in [0.2, 0.25) is 20.9 Å². The first kappa shape index (κ1) is 20.3. The first-order valence-electron chi connectivity index (χ1n) is 11.1. The number of aryl methyl sites for hydroxylation is 1. The van der Waals surface area contributed by atoms with Gasteiger partial charge in [-0.15, -0.1) is 0 Å². The van der Waals surface area contributed by atoms with E-state index in [2.05, 4.69) is 19.1 Å². The molecule has 0 amide bonds. The Hall–Kier alpha value is -3.32. The molecule has 3 aromatic rings. The van der Waals surface area contributed by atoms with Crippen LogP contribution in [0.3, 0.4) is 0 Å². The average molecular weight is 462 g/mol. The van der Waals surface area contributed by atoms with Crippen molar-refractivity contribution in [1.82, 2.24) is 4.58 Å². The van der Waals surface area contributed by atoms with Crippen molar-refractivity contribution in [2.24, 2.45) is 0 Å². The van der Waals surface area contributed by atoms with Crippen molar-refractivity contribution in [3.05, 3.63) is 75.8 Å². The van der Waals surface area contributed by atoms with E-state index in [4.69, 9.17) is 9.47 Å². The van der Waals surface area contributed by atoms with Crippen molar-refractivity contribution in [2.75, 3.05) is 45.3 Å². The lowest BCUT2D eigenvalue weighted by atomic mass is 9.91. The summed E-state index contributed by atoms with van der Waals surface area (Å²) in [7, 11) is 0.0136. The molecule has 6 nitrogen and oxygen atoms in total. The Kier molecular flexibility index (Phi) is 4.36. The fourth-order valence-electron chi connectivity index (χ4n) is 5.11. The van der Waals surface area contributed by atoms with Gasteiger partial charge in [-0.1, -0.05) is 30.3 Å².